The Labute approximate surface area is 703 Å². The number of aryl methyl sites for hydroxylation is 7. The fourth-order valence-electron chi connectivity index (χ4n) is 20.3. The van der Waals surface area contributed by atoms with E-state index in [9.17, 15) is 13.9 Å². The lowest BCUT2D eigenvalue weighted by Gasteiger charge is -2.36. The van der Waals surface area contributed by atoms with Gasteiger partial charge in [-0.25, -0.2) is 48.7 Å². The summed E-state index contributed by atoms with van der Waals surface area (Å²) in [5.41, 5.74) is 12.5. The van der Waals surface area contributed by atoms with Crippen molar-refractivity contribution in [3.8, 4) is 0 Å². The molecule has 636 valence electrons. The van der Waals surface area contributed by atoms with Crippen molar-refractivity contribution in [1.82, 2.24) is 99.0 Å². The molecule has 1 N–H and O–H groups in total. The first kappa shape index (κ1) is 84.2. The number of pyridine rings is 4. The van der Waals surface area contributed by atoms with Crippen molar-refractivity contribution in [2.45, 2.75) is 191 Å². The number of hydrogen-bond acceptors (Lipinski definition) is 26. The minimum Gasteiger partial charge on any atom is -0.392 e. The first-order valence-electron chi connectivity index (χ1n) is 44.3. The van der Waals surface area contributed by atoms with E-state index in [1.54, 1.807) is 6.20 Å². The van der Waals surface area contributed by atoms with E-state index in [-0.39, 0.29) is 49.3 Å². The van der Waals surface area contributed by atoms with E-state index in [0.29, 0.717) is 30.1 Å². The van der Waals surface area contributed by atoms with Crippen LogP contribution in [0.1, 0.15) is 205 Å². The first-order valence-corrected chi connectivity index (χ1v) is 44.3. The molecule has 8 aromatic heterocycles. The lowest BCUT2D eigenvalue weighted by atomic mass is 9.90. The Morgan fingerprint density at radius 2 is 0.798 bits per heavy atom. The summed E-state index contributed by atoms with van der Waals surface area (Å²) in [6.07, 6.45) is 22.2. The number of nitrogens with zero attached hydrogens (tertiary/aromatic N) is 24. The molecule has 119 heavy (non-hydrogen) atoms. The van der Waals surface area contributed by atoms with Crippen LogP contribution < -0.4 is 19.6 Å². The average Bonchev–Trinajstić information content (AvgIpc) is 1.31. The molecule has 9 atom stereocenters. The van der Waals surface area contributed by atoms with Crippen LogP contribution in [0, 0.1) is 27.7 Å². The molecule has 11 aliphatic rings. The van der Waals surface area contributed by atoms with Gasteiger partial charge in [0.05, 0.1) is 107 Å². The second-order valence-corrected chi connectivity index (χ2v) is 35.3. The summed E-state index contributed by atoms with van der Waals surface area (Å²) >= 11 is 0. The Hall–Kier alpha value is -8.42. The van der Waals surface area contributed by atoms with Crippen LogP contribution in [0.15, 0.2) is 104 Å². The van der Waals surface area contributed by atoms with Crippen LogP contribution in [0.2, 0.25) is 0 Å². The molecule has 0 spiro atoms. The number of aliphatic hydroxyl groups is 1. The number of β-amino-alcohol motifs (C(OH)–C–C–N with tert-alkyl or cyclic N) is 1. The molecule has 1 unspecified atom stereocenters. The summed E-state index contributed by atoms with van der Waals surface area (Å²) < 4.78 is 35.3. The predicted molar refractivity (Wildman–Crippen MR) is 461 cm³/mol. The van der Waals surface area contributed by atoms with Crippen LogP contribution in [-0.2, 0) is 30.5 Å². The van der Waals surface area contributed by atoms with Crippen molar-refractivity contribution >= 4 is 23.3 Å². The van der Waals surface area contributed by atoms with Crippen molar-refractivity contribution in [1.29, 1.82) is 0 Å². The van der Waals surface area contributed by atoms with Crippen LogP contribution >= 0.6 is 0 Å². The molecule has 28 heteroatoms. The molecule has 0 amide bonds. The minimum atomic E-state index is -2.73. The maximum atomic E-state index is 14.7. The zero-order valence-electron chi connectivity index (χ0n) is 71.8. The number of piperidine rings is 1. The molecule has 8 aromatic rings. The molecule has 0 aromatic carbocycles. The van der Waals surface area contributed by atoms with E-state index in [0.717, 1.165) is 252 Å². The van der Waals surface area contributed by atoms with Crippen LogP contribution in [0.4, 0.5) is 32.1 Å². The summed E-state index contributed by atoms with van der Waals surface area (Å²) in [4.78, 5) is 85.2. The van der Waals surface area contributed by atoms with Crippen LogP contribution in [0.5, 0.6) is 0 Å². The number of halogens is 2. The standard InChI is InChI=1S/C24H34N6O.C23H30F2N6.C23H32N6O.C21H30N6/c1-17-26-20(15-23(27-17)29-12-10-28(2)11-13-29)22-14-19(31-3)16-30(22)21-8-4-6-18-7-5-9-25-24(18)21;1-16-27-18(13-21(28-16)30-11-9-29(2)10-12-30)20-14-23(24,25)15-31(20)19-7-3-5-17-6-4-8-26-22(17)19;1-16-25-19(14-22(26-16)28-11-9-27(2)10-12-28)21-13-18(30)15-29(21)20-7-3-5-17-6-4-8-24-23(17)20;1-17-23-18(15-21(24-17)26-13-11-25(2)12-14-26)16-27-10-6-4-8-20(27)19-7-3-5-9-22-19/h5,7,9,15,19,21-22H,4,6,8,10-14,16H2,1-3H3;4,6,8,13,19-20H,3,5,7,9-12,14-15H2,1-2H3;4,6,8,14,18,20-21,30H,3,5,7,9-13,15H2,1-2H3;3,5,7,9,15,20H,4,6,8,10-14,16H2,1-2H3/t19-,21-,22-;19-,20+;18-,20+,21+;/m101./s1. The molecule has 8 fully saturated rings. The van der Waals surface area contributed by atoms with E-state index in [1.807, 2.05) is 82.6 Å². The maximum absolute atomic E-state index is 14.7. The van der Waals surface area contributed by atoms with Crippen molar-refractivity contribution in [3.05, 3.63) is 189 Å². The highest BCUT2D eigenvalue weighted by molar-refractivity contribution is 5.46. The molecule has 26 nitrogen and oxygen atoms in total. The summed E-state index contributed by atoms with van der Waals surface area (Å²) in [5, 5.41) is 10.6. The number of ether oxygens (including phenoxy) is 1. The van der Waals surface area contributed by atoms with E-state index < -0.39 is 12.0 Å². The molecule has 8 saturated heterocycles. The number of methoxy groups -OCH3 is 1. The highest BCUT2D eigenvalue weighted by Gasteiger charge is 2.50. The highest BCUT2D eigenvalue weighted by atomic mass is 19.3. The lowest BCUT2D eigenvalue weighted by Crippen LogP contribution is -2.45. The number of hydrogen-bond donors (Lipinski definition) is 1. The fraction of sp³-hybridized carbons (Fsp3) is 0.604. The Balaban J connectivity index is 0.000000119. The minimum absolute atomic E-state index is 0.0920. The van der Waals surface area contributed by atoms with Gasteiger partial charge in [0, 0.05) is 187 Å². The summed E-state index contributed by atoms with van der Waals surface area (Å²) in [6.45, 7) is 27.4. The van der Waals surface area contributed by atoms with Crippen molar-refractivity contribution in [2.24, 2.45) is 0 Å². The predicted octanol–water partition coefficient (Wildman–Crippen LogP) is 10.9. The molecular weight excluding hydrogens is 1500 g/mol. The van der Waals surface area contributed by atoms with E-state index in [1.165, 1.54) is 59.5 Å². The Morgan fingerprint density at radius 1 is 0.395 bits per heavy atom. The van der Waals surface area contributed by atoms with Gasteiger partial charge in [-0.05, 0) is 193 Å². The van der Waals surface area contributed by atoms with E-state index in [4.69, 9.17) is 44.6 Å². The third kappa shape index (κ3) is 20.4. The van der Waals surface area contributed by atoms with Gasteiger partial charge in [0.1, 0.15) is 46.6 Å². The van der Waals surface area contributed by atoms with Crippen molar-refractivity contribution in [3.63, 3.8) is 0 Å². The van der Waals surface area contributed by atoms with Gasteiger partial charge >= 0.3 is 0 Å². The topological polar surface area (TPSA) is 223 Å². The van der Waals surface area contributed by atoms with Gasteiger partial charge in [-0.15, -0.1) is 0 Å². The van der Waals surface area contributed by atoms with Gasteiger partial charge < -0.3 is 49.0 Å². The van der Waals surface area contributed by atoms with E-state index >= 15 is 0 Å². The Bertz CT molecular complexity index is 4650. The second kappa shape index (κ2) is 38.3. The van der Waals surface area contributed by atoms with Gasteiger partial charge in [0.25, 0.3) is 5.92 Å². The van der Waals surface area contributed by atoms with Crippen molar-refractivity contribution < 1.29 is 18.6 Å². The maximum Gasteiger partial charge on any atom is 0.262 e. The molecule has 0 radical (unpaired) electrons. The number of anilines is 4. The third-order valence-corrected chi connectivity index (χ3v) is 26.7. The first-order chi connectivity index (χ1) is 57.8. The SMILES string of the molecule is CO[C@@H]1C[C@H](c2cc(N3CCN(C)CC3)nc(C)n2)N([C@@H]2CCCc3cccnc32)C1.Cc1nc(CN2CCCCC2c2ccccn2)cc(N2CCN(C)CC2)n1.Cc1nc([C@@H]2C[C@@H](O)CN2[C@H]2CCCc3cccnc32)cc(N2CCN(C)CC2)n1.Cc1nc([C@H]2CC(F)(F)CN2[C@H]2CCCc3cccnc32)cc(N2CCN(C)CC2)n1. The van der Waals surface area contributed by atoms with Gasteiger partial charge in [0.2, 0.25) is 0 Å². The quantitative estimate of drug-likeness (QED) is 0.107. The third-order valence-electron chi connectivity index (χ3n) is 26.7. The number of aromatic nitrogens is 12. The zero-order chi connectivity index (χ0) is 82.3. The van der Waals surface area contributed by atoms with E-state index in [2.05, 4.69) is 157 Å². The van der Waals surface area contributed by atoms with Gasteiger partial charge in [-0.1, -0.05) is 30.7 Å². The molecule has 8 aliphatic heterocycles. The summed E-state index contributed by atoms with van der Waals surface area (Å²) in [7, 11) is 10.5. The molecule has 19 rings (SSSR count). The second-order valence-electron chi connectivity index (χ2n) is 35.3. The zero-order valence-corrected chi connectivity index (χ0v) is 71.8. The monoisotopic (exact) mass is 1630 g/mol. The molecule has 0 saturated carbocycles. The highest BCUT2D eigenvalue weighted by Crippen LogP contribution is 2.50. The summed E-state index contributed by atoms with van der Waals surface area (Å²) in [6, 6.07) is 28.1. The molecule has 0 bridgehead atoms. The van der Waals surface area contributed by atoms with Gasteiger partial charge in [-0.3, -0.25) is 39.5 Å². The Morgan fingerprint density at radius 3 is 1.24 bits per heavy atom. The van der Waals surface area contributed by atoms with Gasteiger partial charge in [0.15, 0.2) is 0 Å². The number of aliphatic hydroxyl groups excluding tert-OH is 1. The van der Waals surface area contributed by atoms with Crippen LogP contribution in [0.25, 0.3) is 0 Å². The normalized spacial score (nSPS) is 26.2. The number of likely N-dealkylation sites (tertiary alicyclic amines) is 4. The van der Waals surface area contributed by atoms with Crippen LogP contribution in [-0.4, -0.2) is 288 Å². The Kier molecular flexibility index (Phi) is 27.1. The average molecular weight is 1630 g/mol. The summed E-state index contributed by atoms with van der Waals surface area (Å²) in [5.74, 6) is 4.47. The largest absolute Gasteiger partial charge is 0.392 e. The van der Waals surface area contributed by atoms with Gasteiger partial charge in [-0.2, -0.15) is 0 Å². The number of alkyl halides is 2. The number of rotatable bonds is 14. The molecular formula is C91H126F2N24O2. The smallest absolute Gasteiger partial charge is 0.262 e. The lowest BCUT2D eigenvalue weighted by molar-refractivity contribution is 0.00625. The van der Waals surface area contributed by atoms with Crippen molar-refractivity contribution in [2.75, 3.05) is 186 Å². The fourth-order valence-corrected chi connectivity index (χ4v) is 20.3. The van der Waals surface area contributed by atoms with Crippen LogP contribution in [0.3, 0.4) is 0 Å². The number of fused-ring (bicyclic) bond motifs is 3. The molecule has 16 heterocycles. The number of likely N-dealkylation sites (N-methyl/N-ethyl adjacent to an activating group) is 4. The number of piperazine rings is 4. The molecule has 3 aliphatic carbocycles.